The molecule has 0 radical (unpaired) electrons. The molecule has 0 aliphatic carbocycles. The highest BCUT2D eigenvalue weighted by Gasteiger charge is 2.29. The van der Waals surface area contributed by atoms with Crippen LogP contribution < -0.4 is 11.3 Å². The first-order valence-electron chi connectivity index (χ1n) is 6.35. The molecule has 1 fully saturated rings. The van der Waals surface area contributed by atoms with Gasteiger partial charge >= 0.3 is 0 Å². The Morgan fingerprint density at radius 1 is 1.42 bits per heavy atom. The van der Waals surface area contributed by atoms with E-state index in [4.69, 9.17) is 10.6 Å². The number of rotatable bonds is 5. The number of hydrazine groups is 1. The molecule has 0 amide bonds. The van der Waals surface area contributed by atoms with E-state index in [0.717, 1.165) is 23.7 Å². The van der Waals surface area contributed by atoms with Crippen LogP contribution >= 0.6 is 23.5 Å². The second-order valence-electron chi connectivity index (χ2n) is 4.29. The molecule has 1 saturated heterocycles. The van der Waals surface area contributed by atoms with Crippen molar-refractivity contribution in [1.29, 1.82) is 0 Å². The lowest BCUT2D eigenvalue weighted by atomic mass is 10.2. The molecule has 1 aromatic rings. The molecule has 0 saturated carbocycles. The summed E-state index contributed by atoms with van der Waals surface area (Å²) in [5.41, 5.74) is 3.48. The highest BCUT2D eigenvalue weighted by atomic mass is 32.2. The maximum atomic E-state index is 5.49. The standard InChI is InChI=1S/C12H20N4OS2/c1-3-9-11(19-5-4-18-9)12-14-8(7-17-2)6-10(15-12)16-13/h6,9,11H,3-5,7,13H2,1-2H3,(H,14,15,16). The number of hydrogen-bond acceptors (Lipinski definition) is 7. The Morgan fingerprint density at radius 3 is 2.89 bits per heavy atom. The molecular formula is C12H20N4OS2. The molecule has 1 aliphatic rings. The average Bonchev–Trinajstić information content (AvgIpc) is 2.47. The van der Waals surface area contributed by atoms with Gasteiger partial charge in [-0.25, -0.2) is 15.8 Å². The largest absolute Gasteiger partial charge is 0.378 e. The number of methoxy groups -OCH3 is 1. The van der Waals surface area contributed by atoms with Gasteiger partial charge in [-0.3, -0.25) is 0 Å². The lowest BCUT2D eigenvalue weighted by molar-refractivity contribution is 0.181. The van der Waals surface area contributed by atoms with E-state index >= 15 is 0 Å². The van der Waals surface area contributed by atoms with Crippen molar-refractivity contribution in [3.63, 3.8) is 0 Å². The first-order valence-corrected chi connectivity index (χ1v) is 8.44. The van der Waals surface area contributed by atoms with Crippen molar-refractivity contribution in [2.24, 2.45) is 5.84 Å². The third-order valence-electron chi connectivity index (χ3n) is 2.94. The van der Waals surface area contributed by atoms with Gasteiger partial charge in [-0.1, -0.05) is 6.92 Å². The Balaban J connectivity index is 2.28. The predicted molar refractivity (Wildman–Crippen MR) is 82.3 cm³/mol. The summed E-state index contributed by atoms with van der Waals surface area (Å²) in [7, 11) is 1.66. The van der Waals surface area contributed by atoms with Gasteiger partial charge < -0.3 is 10.2 Å². The number of nitrogens with zero attached hydrogens (tertiary/aromatic N) is 2. The highest BCUT2D eigenvalue weighted by Crippen LogP contribution is 2.42. The lowest BCUT2D eigenvalue weighted by Crippen LogP contribution is -2.22. The van der Waals surface area contributed by atoms with Gasteiger partial charge in [0.2, 0.25) is 0 Å². The van der Waals surface area contributed by atoms with Crippen molar-refractivity contribution >= 4 is 29.3 Å². The van der Waals surface area contributed by atoms with Gasteiger partial charge in [0.15, 0.2) is 0 Å². The zero-order valence-corrected chi connectivity index (χ0v) is 12.9. The van der Waals surface area contributed by atoms with Crippen LogP contribution in [-0.2, 0) is 11.3 Å². The van der Waals surface area contributed by atoms with Crippen molar-refractivity contribution in [2.75, 3.05) is 24.0 Å². The molecule has 1 aromatic heterocycles. The summed E-state index contributed by atoms with van der Waals surface area (Å²) in [6, 6.07) is 1.83. The molecule has 2 atom stereocenters. The zero-order chi connectivity index (χ0) is 13.7. The van der Waals surface area contributed by atoms with Crippen LogP contribution in [0.15, 0.2) is 6.07 Å². The third kappa shape index (κ3) is 3.75. The molecule has 5 nitrogen and oxygen atoms in total. The van der Waals surface area contributed by atoms with Crippen molar-refractivity contribution in [3.8, 4) is 0 Å². The maximum absolute atomic E-state index is 5.49. The van der Waals surface area contributed by atoms with Gasteiger partial charge in [0.25, 0.3) is 0 Å². The minimum atomic E-state index is 0.340. The van der Waals surface area contributed by atoms with E-state index in [2.05, 4.69) is 22.3 Å². The molecule has 2 unspecified atom stereocenters. The van der Waals surface area contributed by atoms with Gasteiger partial charge in [-0.2, -0.15) is 11.8 Å². The number of ether oxygens (including phenoxy) is 1. The average molecular weight is 300 g/mol. The SMILES string of the molecule is CCC1SCCSC1c1nc(COC)cc(NN)n1. The Morgan fingerprint density at radius 2 is 2.21 bits per heavy atom. The van der Waals surface area contributed by atoms with Crippen LogP contribution in [0.1, 0.15) is 30.1 Å². The fourth-order valence-corrected chi connectivity index (χ4v) is 5.07. The van der Waals surface area contributed by atoms with Gasteiger partial charge in [-0.15, -0.1) is 11.8 Å². The molecular weight excluding hydrogens is 280 g/mol. The summed E-state index contributed by atoms with van der Waals surface area (Å²) < 4.78 is 5.15. The normalized spacial score (nSPS) is 23.3. The zero-order valence-electron chi connectivity index (χ0n) is 11.3. The highest BCUT2D eigenvalue weighted by molar-refractivity contribution is 8.06. The fraction of sp³-hybridized carbons (Fsp3) is 0.667. The second kappa shape index (κ2) is 7.33. The molecule has 3 N–H and O–H groups in total. The summed E-state index contributed by atoms with van der Waals surface area (Å²) in [5, 5.41) is 0.912. The molecule has 2 heterocycles. The number of nitrogens with two attached hydrogens (primary N) is 1. The van der Waals surface area contributed by atoms with Crippen LogP contribution in [0, 0.1) is 0 Å². The van der Waals surface area contributed by atoms with E-state index in [9.17, 15) is 0 Å². The monoisotopic (exact) mass is 300 g/mol. The molecule has 1 aliphatic heterocycles. The predicted octanol–water partition coefficient (Wildman–Crippen LogP) is 2.21. The molecule has 19 heavy (non-hydrogen) atoms. The third-order valence-corrected chi connectivity index (χ3v) is 6.19. The van der Waals surface area contributed by atoms with Crippen molar-refractivity contribution in [1.82, 2.24) is 9.97 Å². The number of nitrogens with one attached hydrogen (secondary N) is 1. The Hall–Kier alpha value is -0.500. The van der Waals surface area contributed by atoms with Crippen LogP contribution in [0.2, 0.25) is 0 Å². The number of nitrogen functional groups attached to an aromatic ring is 1. The van der Waals surface area contributed by atoms with E-state index in [-0.39, 0.29) is 0 Å². The number of thioether (sulfide) groups is 2. The Kier molecular flexibility index (Phi) is 5.75. The second-order valence-corrected chi connectivity index (χ2v) is 6.89. The first kappa shape index (κ1) is 14.9. The number of anilines is 1. The van der Waals surface area contributed by atoms with Gasteiger partial charge in [0, 0.05) is 29.9 Å². The summed E-state index contributed by atoms with van der Waals surface area (Å²) in [6.45, 7) is 2.70. The quantitative estimate of drug-likeness (QED) is 0.638. The molecule has 106 valence electrons. The van der Waals surface area contributed by atoms with Crippen molar-refractivity contribution < 1.29 is 4.74 Å². The van der Waals surface area contributed by atoms with E-state index in [0.29, 0.717) is 22.9 Å². The number of aromatic nitrogens is 2. The molecule has 0 aromatic carbocycles. The first-order chi connectivity index (χ1) is 9.28. The lowest BCUT2D eigenvalue weighted by Gasteiger charge is -2.29. The van der Waals surface area contributed by atoms with Crippen LogP contribution in [0.25, 0.3) is 0 Å². The van der Waals surface area contributed by atoms with E-state index < -0.39 is 0 Å². The topological polar surface area (TPSA) is 73.1 Å². The maximum Gasteiger partial charge on any atom is 0.145 e. The Labute approximate surface area is 122 Å². The van der Waals surface area contributed by atoms with E-state index in [1.165, 1.54) is 5.75 Å². The number of hydrogen-bond donors (Lipinski definition) is 2. The van der Waals surface area contributed by atoms with Gasteiger partial charge in [0.1, 0.15) is 11.6 Å². The molecule has 7 heteroatoms. The van der Waals surface area contributed by atoms with Crippen molar-refractivity contribution in [2.45, 2.75) is 30.5 Å². The summed E-state index contributed by atoms with van der Waals surface area (Å²) in [5.74, 6) is 9.37. The van der Waals surface area contributed by atoms with Gasteiger partial charge in [0.05, 0.1) is 17.6 Å². The summed E-state index contributed by atoms with van der Waals surface area (Å²) in [6.07, 6.45) is 1.13. The minimum Gasteiger partial charge on any atom is -0.378 e. The van der Waals surface area contributed by atoms with E-state index in [1.807, 2.05) is 29.6 Å². The smallest absolute Gasteiger partial charge is 0.145 e. The molecule has 2 rings (SSSR count). The van der Waals surface area contributed by atoms with Crippen LogP contribution in [0.4, 0.5) is 5.82 Å². The Bertz CT molecular complexity index is 419. The molecule has 0 bridgehead atoms. The van der Waals surface area contributed by atoms with Crippen LogP contribution in [-0.4, -0.2) is 33.8 Å². The van der Waals surface area contributed by atoms with Crippen LogP contribution in [0.5, 0.6) is 0 Å². The van der Waals surface area contributed by atoms with Gasteiger partial charge in [-0.05, 0) is 6.42 Å². The summed E-state index contributed by atoms with van der Waals surface area (Å²) >= 11 is 3.95. The molecule has 0 spiro atoms. The minimum absolute atomic E-state index is 0.340. The summed E-state index contributed by atoms with van der Waals surface area (Å²) in [4.78, 5) is 9.15. The van der Waals surface area contributed by atoms with Crippen LogP contribution in [0.3, 0.4) is 0 Å². The fourth-order valence-electron chi connectivity index (χ4n) is 2.08. The van der Waals surface area contributed by atoms with E-state index in [1.54, 1.807) is 7.11 Å². The van der Waals surface area contributed by atoms with Crippen molar-refractivity contribution in [3.05, 3.63) is 17.6 Å².